The Morgan fingerprint density at radius 3 is 2.27 bits per heavy atom. The topological polar surface area (TPSA) is 18.5 Å². The molecule has 3 aliphatic carbocycles. The standard InChI is InChI=1S/C20H34O2/c1-15-6-4-5-9-18(15,2)16-7-10-19(3)17(14-16)8-11-20(19)21-12-13-22-20/h15-17H,4-14H2,1-3H3. The summed E-state index contributed by atoms with van der Waals surface area (Å²) in [6.07, 6.45) is 12.4. The van der Waals surface area contributed by atoms with Crippen molar-refractivity contribution in [1.82, 2.24) is 0 Å². The zero-order valence-corrected chi connectivity index (χ0v) is 14.8. The fourth-order valence-electron chi connectivity index (χ4n) is 6.65. The highest BCUT2D eigenvalue weighted by Crippen LogP contribution is 2.64. The molecule has 0 bridgehead atoms. The van der Waals surface area contributed by atoms with Crippen molar-refractivity contribution in [2.45, 2.75) is 84.3 Å². The van der Waals surface area contributed by atoms with Gasteiger partial charge in [0.1, 0.15) is 0 Å². The van der Waals surface area contributed by atoms with Crippen LogP contribution in [0.1, 0.15) is 78.6 Å². The van der Waals surface area contributed by atoms with Gasteiger partial charge >= 0.3 is 0 Å². The van der Waals surface area contributed by atoms with Crippen molar-refractivity contribution in [3.63, 3.8) is 0 Å². The molecule has 5 atom stereocenters. The highest BCUT2D eigenvalue weighted by Gasteiger charge is 2.63. The number of rotatable bonds is 1. The normalized spacial score (nSPS) is 51.1. The lowest BCUT2D eigenvalue weighted by molar-refractivity contribution is -0.236. The summed E-state index contributed by atoms with van der Waals surface area (Å²) in [5.74, 6) is 2.43. The molecule has 0 aromatic heterocycles. The molecule has 0 N–H and O–H groups in total. The Kier molecular flexibility index (Phi) is 3.66. The molecule has 2 nitrogen and oxygen atoms in total. The molecule has 22 heavy (non-hydrogen) atoms. The van der Waals surface area contributed by atoms with Gasteiger partial charge in [0.25, 0.3) is 0 Å². The van der Waals surface area contributed by atoms with E-state index < -0.39 is 0 Å². The summed E-state index contributed by atoms with van der Waals surface area (Å²) in [5, 5.41) is 0. The van der Waals surface area contributed by atoms with Crippen LogP contribution in [0.25, 0.3) is 0 Å². The molecule has 0 aromatic rings. The van der Waals surface area contributed by atoms with Crippen molar-refractivity contribution in [1.29, 1.82) is 0 Å². The third kappa shape index (κ3) is 1.99. The molecule has 4 fully saturated rings. The third-order valence-electron chi connectivity index (χ3n) is 8.59. The fourth-order valence-corrected chi connectivity index (χ4v) is 6.65. The van der Waals surface area contributed by atoms with Crippen LogP contribution < -0.4 is 0 Å². The Bertz CT molecular complexity index is 427. The lowest BCUT2D eigenvalue weighted by Crippen LogP contribution is -2.50. The average molecular weight is 306 g/mol. The predicted octanol–water partition coefficient (Wildman–Crippen LogP) is 5.16. The number of hydrogen-bond acceptors (Lipinski definition) is 2. The molecule has 4 rings (SSSR count). The van der Waals surface area contributed by atoms with E-state index in [0.29, 0.717) is 5.41 Å². The Balaban J connectivity index is 1.54. The van der Waals surface area contributed by atoms with Gasteiger partial charge in [-0.3, -0.25) is 0 Å². The maximum atomic E-state index is 6.18. The van der Waals surface area contributed by atoms with E-state index in [0.717, 1.165) is 37.4 Å². The van der Waals surface area contributed by atoms with Crippen molar-refractivity contribution in [3.05, 3.63) is 0 Å². The van der Waals surface area contributed by atoms with Crippen LogP contribution in [0.5, 0.6) is 0 Å². The number of ether oxygens (including phenoxy) is 2. The van der Waals surface area contributed by atoms with E-state index >= 15 is 0 Å². The van der Waals surface area contributed by atoms with E-state index in [1.807, 2.05) is 0 Å². The van der Waals surface area contributed by atoms with E-state index in [1.165, 1.54) is 51.4 Å². The molecule has 5 unspecified atom stereocenters. The van der Waals surface area contributed by atoms with Gasteiger partial charge in [0, 0.05) is 11.8 Å². The molecular formula is C20H34O2. The van der Waals surface area contributed by atoms with Crippen LogP contribution in [0, 0.1) is 28.6 Å². The highest BCUT2D eigenvalue weighted by molar-refractivity contribution is 5.08. The van der Waals surface area contributed by atoms with Gasteiger partial charge < -0.3 is 9.47 Å². The molecule has 4 aliphatic rings. The molecule has 126 valence electrons. The molecule has 0 radical (unpaired) electrons. The summed E-state index contributed by atoms with van der Waals surface area (Å²) in [7, 11) is 0. The van der Waals surface area contributed by atoms with Crippen molar-refractivity contribution < 1.29 is 9.47 Å². The maximum Gasteiger partial charge on any atom is 0.174 e. The van der Waals surface area contributed by atoms with Gasteiger partial charge in [0.05, 0.1) is 13.2 Å². The third-order valence-corrected chi connectivity index (χ3v) is 8.59. The van der Waals surface area contributed by atoms with Crippen molar-refractivity contribution in [2.75, 3.05) is 13.2 Å². The van der Waals surface area contributed by atoms with Crippen LogP contribution >= 0.6 is 0 Å². The zero-order chi connectivity index (χ0) is 15.4. The predicted molar refractivity (Wildman–Crippen MR) is 88.5 cm³/mol. The van der Waals surface area contributed by atoms with Gasteiger partial charge in [-0.15, -0.1) is 0 Å². The molecule has 3 saturated carbocycles. The van der Waals surface area contributed by atoms with Gasteiger partial charge in [-0.25, -0.2) is 0 Å². The molecule has 1 spiro atoms. The van der Waals surface area contributed by atoms with Crippen LogP contribution in [0.3, 0.4) is 0 Å². The maximum absolute atomic E-state index is 6.18. The summed E-state index contributed by atoms with van der Waals surface area (Å²) < 4.78 is 12.4. The molecule has 2 heteroatoms. The first kappa shape index (κ1) is 15.4. The molecule has 1 saturated heterocycles. The summed E-state index contributed by atoms with van der Waals surface area (Å²) in [4.78, 5) is 0. The molecule has 0 amide bonds. The van der Waals surface area contributed by atoms with Crippen LogP contribution in [-0.4, -0.2) is 19.0 Å². The van der Waals surface area contributed by atoms with Crippen molar-refractivity contribution >= 4 is 0 Å². The zero-order valence-electron chi connectivity index (χ0n) is 14.8. The Morgan fingerprint density at radius 2 is 1.55 bits per heavy atom. The smallest absolute Gasteiger partial charge is 0.174 e. The molecule has 1 aliphatic heterocycles. The summed E-state index contributed by atoms with van der Waals surface area (Å²) in [5.41, 5.74) is 0.862. The van der Waals surface area contributed by atoms with Gasteiger partial charge in [0.15, 0.2) is 5.79 Å². The lowest BCUT2D eigenvalue weighted by Gasteiger charge is -2.53. The summed E-state index contributed by atoms with van der Waals surface area (Å²) >= 11 is 0. The second-order valence-corrected chi connectivity index (χ2v) is 9.23. The molecular weight excluding hydrogens is 272 g/mol. The number of fused-ring (bicyclic) bond motifs is 2. The fraction of sp³-hybridized carbons (Fsp3) is 1.00. The van der Waals surface area contributed by atoms with Crippen molar-refractivity contribution in [3.8, 4) is 0 Å². The minimum Gasteiger partial charge on any atom is -0.347 e. The lowest BCUT2D eigenvalue weighted by atomic mass is 9.53. The largest absolute Gasteiger partial charge is 0.347 e. The summed E-state index contributed by atoms with van der Waals surface area (Å²) in [6.45, 7) is 9.21. The van der Waals surface area contributed by atoms with Gasteiger partial charge in [-0.1, -0.05) is 40.0 Å². The van der Waals surface area contributed by atoms with E-state index in [9.17, 15) is 0 Å². The van der Waals surface area contributed by atoms with E-state index in [1.54, 1.807) is 0 Å². The van der Waals surface area contributed by atoms with Gasteiger partial charge in [0.2, 0.25) is 0 Å². The van der Waals surface area contributed by atoms with Crippen LogP contribution in [0.15, 0.2) is 0 Å². The Labute approximate surface area is 136 Å². The van der Waals surface area contributed by atoms with Crippen LogP contribution in [0.2, 0.25) is 0 Å². The summed E-state index contributed by atoms with van der Waals surface area (Å²) in [6, 6.07) is 0. The quantitative estimate of drug-likeness (QED) is 0.666. The Hall–Kier alpha value is -0.0800. The van der Waals surface area contributed by atoms with E-state index in [2.05, 4.69) is 20.8 Å². The second-order valence-electron chi connectivity index (χ2n) is 9.23. The SMILES string of the molecule is CC1CCCCC1(C)C1CCC2(C)C(CCC23OCCO3)C1. The molecule has 1 heterocycles. The van der Waals surface area contributed by atoms with Gasteiger partial charge in [-0.05, 0) is 55.3 Å². The number of hydrogen-bond donors (Lipinski definition) is 0. The van der Waals surface area contributed by atoms with Crippen molar-refractivity contribution in [2.24, 2.45) is 28.6 Å². The first-order valence-corrected chi connectivity index (χ1v) is 9.78. The van der Waals surface area contributed by atoms with E-state index in [-0.39, 0.29) is 11.2 Å². The minimum absolute atomic E-state index is 0.221. The Morgan fingerprint density at radius 1 is 0.818 bits per heavy atom. The first-order chi connectivity index (χ1) is 10.5. The first-order valence-electron chi connectivity index (χ1n) is 9.78. The monoisotopic (exact) mass is 306 g/mol. The van der Waals surface area contributed by atoms with E-state index in [4.69, 9.17) is 9.47 Å². The van der Waals surface area contributed by atoms with Crippen LogP contribution in [0.4, 0.5) is 0 Å². The highest BCUT2D eigenvalue weighted by atomic mass is 16.7. The second kappa shape index (κ2) is 5.21. The average Bonchev–Trinajstić information content (AvgIpc) is 3.10. The van der Waals surface area contributed by atoms with Gasteiger partial charge in [-0.2, -0.15) is 0 Å². The van der Waals surface area contributed by atoms with Crippen LogP contribution in [-0.2, 0) is 9.47 Å². The molecule has 0 aromatic carbocycles. The minimum atomic E-state index is -0.221.